The average molecular weight is 509 g/mol. The van der Waals surface area contributed by atoms with Gasteiger partial charge in [-0.25, -0.2) is 4.39 Å². The minimum absolute atomic E-state index is 0.0300. The smallest absolute Gasteiger partial charge is 0.265 e. The third kappa shape index (κ3) is 5.29. The molecule has 4 rings (SSSR count). The Kier molecular flexibility index (Phi) is 7.02. The van der Waals surface area contributed by atoms with Crippen LogP contribution in [0.15, 0.2) is 48.2 Å². The number of hydrogen-bond acceptors (Lipinski definition) is 5. The van der Waals surface area contributed by atoms with Gasteiger partial charge in [-0.3, -0.25) is 9.59 Å². The standard InChI is InChI=1S/C24H23Cl2FN2O5/c1-2-24(32)11-21(34-20-6-3-13(25)7-17(20)24)23(31)29-15-8-14(9-15)28-22(30)12-33-16-4-5-18(26)19(27)10-16/h3-8,10,14,21,32H,2,9,11-12H2,1H3,(H,28,30)(H,29,31). The number of carbonyl (C=O) groups is 2. The lowest BCUT2D eigenvalue weighted by Crippen LogP contribution is -2.49. The third-order valence-corrected chi connectivity index (χ3v) is 6.39. The number of rotatable bonds is 7. The molecular weight excluding hydrogens is 486 g/mol. The first-order chi connectivity index (χ1) is 16.2. The number of fused-ring (bicyclic) bond motifs is 1. The van der Waals surface area contributed by atoms with Crippen LogP contribution < -0.4 is 20.1 Å². The number of nitrogens with one attached hydrogen (secondary N) is 2. The summed E-state index contributed by atoms with van der Waals surface area (Å²) < 4.78 is 24.5. The SMILES string of the molecule is CCC1(O)CC(C(=O)NC2=CC(NC(=O)COc3ccc(Cl)c(F)c3)C2)Oc2ccc(Cl)cc21. The highest BCUT2D eigenvalue weighted by Crippen LogP contribution is 2.42. The molecule has 3 unspecified atom stereocenters. The van der Waals surface area contributed by atoms with Crippen LogP contribution in [-0.2, 0) is 15.2 Å². The molecule has 2 aliphatic rings. The van der Waals surface area contributed by atoms with Crippen LogP contribution in [0.1, 0.15) is 31.7 Å². The maximum Gasteiger partial charge on any atom is 0.265 e. The van der Waals surface area contributed by atoms with Crippen LogP contribution in [0.2, 0.25) is 10.0 Å². The minimum Gasteiger partial charge on any atom is -0.484 e. The Morgan fingerprint density at radius 2 is 2.03 bits per heavy atom. The van der Waals surface area contributed by atoms with Crippen molar-refractivity contribution in [1.82, 2.24) is 10.6 Å². The largest absolute Gasteiger partial charge is 0.484 e. The third-order valence-electron chi connectivity index (χ3n) is 5.85. The summed E-state index contributed by atoms with van der Waals surface area (Å²) in [4.78, 5) is 24.8. The molecule has 2 aromatic carbocycles. The van der Waals surface area contributed by atoms with E-state index in [4.69, 9.17) is 32.7 Å². The number of amides is 2. The molecule has 0 radical (unpaired) electrons. The van der Waals surface area contributed by atoms with E-state index in [1.807, 2.05) is 6.92 Å². The molecule has 0 bridgehead atoms. The fraction of sp³-hybridized carbons (Fsp3) is 0.333. The predicted molar refractivity (Wildman–Crippen MR) is 124 cm³/mol. The molecule has 1 aliphatic heterocycles. The van der Waals surface area contributed by atoms with Crippen molar-refractivity contribution in [2.24, 2.45) is 0 Å². The Labute approximate surface area is 205 Å². The molecule has 0 aromatic heterocycles. The topological polar surface area (TPSA) is 96.9 Å². The van der Waals surface area contributed by atoms with Gasteiger partial charge in [0.05, 0.1) is 16.7 Å². The Bertz CT molecular complexity index is 1160. The Morgan fingerprint density at radius 1 is 1.26 bits per heavy atom. The lowest BCUT2D eigenvalue weighted by atomic mass is 9.83. The molecular formula is C24H23Cl2FN2O5. The van der Waals surface area contributed by atoms with Crippen molar-refractivity contribution < 1.29 is 28.6 Å². The van der Waals surface area contributed by atoms with E-state index in [-0.39, 0.29) is 41.7 Å². The maximum atomic E-state index is 13.4. The van der Waals surface area contributed by atoms with Crippen LogP contribution >= 0.6 is 23.2 Å². The summed E-state index contributed by atoms with van der Waals surface area (Å²) in [6.45, 7) is 1.54. The minimum atomic E-state index is -1.22. The van der Waals surface area contributed by atoms with E-state index in [2.05, 4.69) is 10.6 Å². The Balaban J connectivity index is 1.28. The van der Waals surface area contributed by atoms with Crippen molar-refractivity contribution in [3.8, 4) is 11.5 Å². The first-order valence-corrected chi connectivity index (χ1v) is 11.5. The lowest BCUT2D eigenvalue weighted by Gasteiger charge is -2.38. The normalized spacial score (nSPS) is 23.0. The first-order valence-electron chi connectivity index (χ1n) is 10.7. The summed E-state index contributed by atoms with van der Waals surface area (Å²) in [5.74, 6) is -0.781. The molecule has 0 saturated carbocycles. The van der Waals surface area contributed by atoms with Crippen LogP contribution in [0.3, 0.4) is 0 Å². The highest BCUT2D eigenvalue weighted by molar-refractivity contribution is 6.31. The summed E-state index contributed by atoms with van der Waals surface area (Å²) in [6.07, 6.45) is 1.75. The number of ether oxygens (including phenoxy) is 2. The quantitative estimate of drug-likeness (QED) is 0.527. The molecule has 34 heavy (non-hydrogen) atoms. The van der Waals surface area contributed by atoms with Gasteiger partial charge in [0, 0.05) is 35.2 Å². The van der Waals surface area contributed by atoms with Crippen molar-refractivity contribution in [2.45, 2.75) is 43.9 Å². The molecule has 0 spiro atoms. The van der Waals surface area contributed by atoms with Gasteiger partial charge in [0.15, 0.2) is 12.7 Å². The van der Waals surface area contributed by atoms with Gasteiger partial charge in [0.25, 0.3) is 11.8 Å². The predicted octanol–water partition coefficient (Wildman–Crippen LogP) is 3.85. The maximum absolute atomic E-state index is 13.4. The molecule has 180 valence electrons. The number of benzene rings is 2. The van der Waals surface area contributed by atoms with Crippen molar-refractivity contribution in [3.63, 3.8) is 0 Å². The molecule has 1 heterocycles. The lowest BCUT2D eigenvalue weighted by molar-refractivity contribution is -0.133. The van der Waals surface area contributed by atoms with Gasteiger partial charge in [-0.2, -0.15) is 0 Å². The zero-order valence-electron chi connectivity index (χ0n) is 18.2. The summed E-state index contributed by atoms with van der Waals surface area (Å²) in [7, 11) is 0. The fourth-order valence-corrected chi connectivity index (χ4v) is 4.19. The summed E-state index contributed by atoms with van der Waals surface area (Å²) in [6, 6.07) is 8.60. The highest BCUT2D eigenvalue weighted by Gasteiger charge is 2.42. The highest BCUT2D eigenvalue weighted by atomic mass is 35.5. The Hall–Kier alpha value is -2.81. The van der Waals surface area contributed by atoms with Gasteiger partial charge in [-0.05, 0) is 42.8 Å². The zero-order valence-corrected chi connectivity index (χ0v) is 19.8. The number of hydrogen-bond donors (Lipinski definition) is 3. The second-order valence-electron chi connectivity index (χ2n) is 8.26. The molecule has 3 N–H and O–H groups in total. The van der Waals surface area contributed by atoms with E-state index in [1.165, 1.54) is 12.1 Å². The van der Waals surface area contributed by atoms with Crippen molar-refractivity contribution in [2.75, 3.05) is 6.61 Å². The van der Waals surface area contributed by atoms with Crippen LogP contribution in [0.4, 0.5) is 4.39 Å². The van der Waals surface area contributed by atoms with E-state index < -0.39 is 17.5 Å². The van der Waals surface area contributed by atoms with Gasteiger partial charge in [0.1, 0.15) is 17.3 Å². The van der Waals surface area contributed by atoms with Gasteiger partial charge < -0.3 is 25.2 Å². The molecule has 10 heteroatoms. The number of carbonyl (C=O) groups excluding carboxylic acids is 2. The summed E-state index contributed by atoms with van der Waals surface area (Å²) >= 11 is 11.7. The zero-order chi connectivity index (χ0) is 24.5. The second kappa shape index (κ2) is 9.82. The monoisotopic (exact) mass is 508 g/mol. The molecule has 3 atom stereocenters. The molecule has 2 aromatic rings. The van der Waals surface area contributed by atoms with E-state index in [0.717, 1.165) is 6.07 Å². The van der Waals surface area contributed by atoms with Crippen LogP contribution in [-0.4, -0.2) is 35.7 Å². The van der Waals surface area contributed by atoms with E-state index >= 15 is 0 Å². The summed E-state index contributed by atoms with van der Waals surface area (Å²) in [5, 5.41) is 17.0. The molecule has 2 amide bonds. The molecule has 7 nitrogen and oxygen atoms in total. The number of halogens is 3. The second-order valence-corrected chi connectivity index (χ2v) is 9.10. The fourth-order valence-electron chi connectivity index (χ4n) is 3.90. The molecule has 1 aliphatic carbocycles. The van der Waals surface area contributed by atoms with E-state index in [1.54, 1.807) is 24.3 Å². The van der Waals surface area contributed by atoms with Gasteiger partial charge in [-0.15, -0.1) is 0 Å². The van der Waals surface area contributed by atoms with E-state index in [0.29, 0.717) is 34.9 Å². The van der Waals surface area contributed by atoms with E-state index in [9.17, 15) is 19.1 Å². The van der Waals surface area contributed by atoms with Crippen molar-refractivity contribution >= 4 is 35.0 Å². The number of aliphatic hydroxyl groups is 1. The molecule has 0 saturated heterocycles. The van der Waals surface area contributed by atoms with Crippen LogP contribution in [0, 0.1) is 5.82 Å². The summed E-state index contributed by atoms with van der Waals surface area (Å²) in [5.41, 5.74) is -0.0138. The van der Waals surface area contributed by atoms with Gasteiger partial charge in [-0.1, -0.05) is 30.1 Å². The van der Waals surface area contributed by atoms with Crippen LogP contribution in [0.5, 0.6) is 11.5 Å². The van der Waals surface area contributed by atoms with Crippen LogP contribution in [0.25, 0.3) is 0 Å². The average Bonchev–Trinajstić information content (AvgIpc) is 2.78. The van der Waals surface area contributed by atoms with Gasteiger partial charge in [0.2, 0.25) is 0 Å². The molecule has 0 fully saturated rings. The Morgan fingerprint density at radius 3 is 2.74 bits per heavy atom. The van der Waals surface area contributed by atoms with Gasteiger partial charge >= 0.3 is 0 Å². The van der Waals surface area contributed by atoms with Crippen molar-refractivity contribution in [1.29, 1.82) is 0 Å². The van der Waals surface area contributed by atoms with Crippen molar-refractivity contribution in [3.05, 3.63) is 69.6 Å². The first kappa shape index (κ1) is 24.3.